The van der Waals surface area contributed by atoms with Gasteiger partial charge in [0.05, 0.1) is 0 Å². The molecule has 0 atom stereocenters. The molecule has 0 unspecified atom stereocenters. The van der Waals surface area contributed by atoms with Crippen LogP contribution in [0.5, 0.6) is 0 Å². The third-order valence-electron chi connectivity index (χ3n) is 4.49. The van der Waals surface area contributed by atoms with Crippen LogP contribution in [0.15, 0.2) is 57.8 Å². The summed E-state index contributed by atoms with van der Waals surface area (Å²) < 4.78 is 19.0. The fourth-order valence-electron chi connectivity index (χ4n) is 3.11. The molecule has 3 aromatic rings. The quantitative estimate of drug-likeness (QED) is 0.708. The second-order valence-corrected chi connectivity index (χ2v) is 7.24. The first kappa shape index (κ1) is 17.1. The van der Waals surface area contributed by atoms with Crippen LogP contribution in [-0.2, 0) is 5.75 Å². The standard InChI is InChI=1S/C20H19FN2O2S/c21-14-5-7-15(8-6-14)26-13-17-16-3-1-2-4-18(16)25-19(17)20(24)23-11-9-22-10-12-23/h1-8,22H,9-13H2. The number of carbonyl (C=O) groups is 1. The molecule has 4 rings (SSSR count). The summed E-state index contributed by atoms with van der Waals surface area (Å²) in [7, 11) is 0. The van der Waals surface area contributed by atoms with Crippen LogP contribution in [-0.4, -0.2) is 37.0 Å². The number of thioether (sulfide) groups is 1. The van der Waals surface area contributed by atoms with Gasteiger partial charge in [-0.1, -0.05) is 18.2 Å². The van der Waals surface area contributed by atoms with Crippen molar-refractivity contribution in [1.29, 1.82) is 0 Å². The molecule has 0 bridgehead atoms. The number of piperazine rings is 1. The lowest BCUT2D eigenvalue weighted by Crippen LogP contribution is -2.46. The van der Waals surface area contributed by atoms with Crippen molar-refractivity contribution in [2.45, 2.75) is 10.6 Å². The van der Waals surface area contributed by atoms with Crippen LogP contribution >= 0.6 is 11.8 Å². The average molecular weight is 370 g/mol. The zero-order valence-electron chi connectivity index (χ0n) is 14.2. The number of para-hydroxylation sites is 1. The van der Waals surface area contributed by atoms with Crippen molar-refractivity contribution < 1.29 is 13.6 Å². The number of amides is 1. The van der Waals surface area contributed by atoms with Gasteiger partial charge in [0.2, 0.25) is 0 Å². The molecule has 1 amide bonds. The van der Waals surface area contributed by atoms with Crippen molar-refractivity contribution in [3.05, 3.63) is 65.7 Å². The van der Waals surface area contributed by atoms with E-state index in [9.17, 15) is 9.18 Å². The van der Waals surface area contributed by atoms with E-state index in [-0.39, 0.29) is 11.7 Å². The first-order chi connectivity index (χ1) is 12.7. The second kappa shape index (κ2) is 7.51. The molecule has 2 aromatic carbocycles. The smallest absolute Gasteiger partial charge is 0.290 e. The Kier molecular flexibility index (Phi) is 4.95. The molecular formula is C20H19FN2O2S. The Morgan fingerprint density at radius 2 is 1.85 bits per heavy atom. The molecule has 0 radical (unpaired) electrons. The molecule has 26 heavy (non-hydrogen) atoms. The van der Waals surface area contributed by atoms with Crippen LogP contribution in [0.2, 0.25) is 0 Å². The number of hydrogen-bond acceptors (Lipinski definition) is 4. The molecule has 134 valence electrons. The van der Waals surface area contributed by atoms with Gasteiger partial charge in [0.15, 0.2) is 5.76 Å². The Morgan fingerprint density at radius 1 is 1.12 bits per heavy atom. The van der Waals surface area contributed by atoms with Gasteiger partial charge in [-0.15, -0.1) is 11.8 Å². The molecule has 2 heterocycles. The van der Waals surface area contributed by atoms with Gasteiger partial charge in [0.25, 0.3) is 5.91 Å². The summed E-state index contributed by atoms with van der Waals surface area (Å²) in [6, 6.07) is 14.1. The lowest BCUT2D eigenvalue weighted by molar-refractivity contribution is 0.0705. The lowest BCUT2D eigenvalue weighted by atomic mass is 10.1. The van der Waals surface area contributed by atoms with Gasteiger partial charge < -0.3 is 14.6 Å². The monoisotopic (exact) mass is 370 g/mol. The van der Waals surface area contributed by atoms with Gasteiger partial charge >= 0.3 is 0 Å². The largest absolute Gasteiger partial charge is 0.451 e. The van der Waals surface area contributed by atoms with Gasteiger partial charge in [-0.3, -0.25) is 4.79 Å². The molecule has 1 aliphatic heterocycles. The number of carbonyl (C=O) groups excluding carboxylic acids is 1. The Morgan fingerprint density at radius 3 is 2.62 bits per heavy atom. The van der Waals surface area contributed by atoms with Crippen molar-refractivity contribution >= 4 is 28.6 Å². The summed E-state index contributed by atoms with van der Waals surface area (Å²) in [4.78, 5) is 15.8. The summed E-state index contributed by atoms with van der Waals surface area (Å²) in [5.74, 6) is 0.702. The van der Waals surface area contributed by atoms with Gasteiger partial charge in [0, 0.05) is 47.8 Å². The van der Waals surface area contributed by atoms with E-state index in [2.05, 4.69) is 5.32 Å². The maximum Gasteiger partial charge on any atom is 0.290 e. The number of furan rings is 1. The minimum absolute atomic E-state index is 0.0580. The van der Waals surface area contributed by atoms with Crippen LogP contribution in [0.1, 0.15) is 16.1 Å². The molecule has 4 nitrogen and oxygen atoms in total. The molecule has 6 heteroatoms. The number of nitrogens with zero attached hydrogens (tertiary/aromatic N) is 1. The summed E-state index contributed by atoms with van der Waals surface area (Å²) in [6.45, 7) is 2.96. The zero-order valence-corrected chi connectivity index (χ0v) is 15.0. The van der Waals surface area contributed by atoms with Crippen molar-refractivity contribution in [1.82, 2.24) is 10.2 Å². The highest BCUT2D eigenvalue weighted by molar-refractivity contribution is 7.98. The zero-order chi connectivity index (χ0) is 17.9. The van der Waals surface area contributed by atoms with E-state index in [1.54, 1.807) is 23.9 Å². The van der Waals surface area contributed by atoms with Gasteiger partial charge in [-0.05, 0) is 30.3 Å². The van der Waals surface area contributed by atoms with Crippen LogP contribution in [0, 0.1) is 5.82 Å². The Hall–Kier alpha value is -2.31. The lowest BCUT2D eigenvalue weighted by Gasteiger charge is -2.26. The van der Waals surface area contributed by atoms with Gasteiger partial charge in [0.1, 0.15) is 11.4 Å². The van der Waals surface area contributed by atoms with Crippen molar-refractivity contribution in [3.8, 4) is 0 Å². The molecule has 0 aliphatic carbocycles. The first-order valence-corrected chi connectivity index (χ1v) is 9.60. The third kappa shape index (κ3) is 3.48. The van der Waals surface area contributed by atoms with E-state index in [0.717, 1.165) is 34.5 Å². The molecular weight excluding hydrogens is 351 g/mol. The van der Waals surface area contributed by atoms with Crippen molar-refractivity contribution in [2.75, 3.05) is 26.2 Å². The van der Waals surface area contributed by atoms with Gasteiger partial charge in [-0.2, -0.15) is 0 Å². The fourth-order valence-corrected chi connectivity index (χ4v) is 4.04. The van der Waals surface area contributed by atoms with E-state index in [1.165, 1.54) is 12.1 Å². The molecule has 1 aliphatic rings. The summed E-state index contributed by atoms with van der Waals surface area (Å²) in [6.07, 6.45) is 0. The van der Waals surface area contributed by atoms with Crippen molar-refractivity contribution in [2.24, 2.45) is 0 Å². The van der Waals surface area contributed by atoms with E-state index in [1.807, 2.05) is 29.2 Å². The number of fused-ring (bicyclic) bond motifs is 1. The van der Waals surface area contributed by atoms with Crippen LogP contribution < -0.4 is 5.32 Å². The van der Waals surface area contributed by atoms with Gasteiger partial charge in [-0.25, -0.2) is 4.39 Å². The molecule has 1 aromatic heterocycles. The maximum absolute atomic E-state index is 13.1. The number of benzene rings is 2. The Labute approximate surface area is 155 Å². The predicted octanol–water partition coefficient (Wildman–Crippen LogP) is 3.91. The highest BCUT2D eigenvalue weighted by Gasteiger charge is 2.26. The predicted molar refractivity (Wildman–Crippen MR) is 101 cm³/mol. The number of hydrogen-bond donors (Lipinski definition) is 1. The van der Waals surface area contributed by atoms with E-state index in [0.29, 0.717) is 24.6 Å². The van der Waals surface area contributed by atoms with Crippen LogP contribution in [0.4, 0.5) is 4.39 Å². The Bertz CT molecular complexity index is 917. The fraction of sp³-hybridized carbons (Fsp3) is 0.250. The van der Waals surface area contributed by atoms with Crippen molar-refractivity contribution in [3.63, 3.8) is 0 Å². The van der Waals surface area contributed by atoms with E-state index in [4.69, 9.17) is 4.42 Å². The maximum atomic E-state index is 13.1. The Balaban J connectivity index is 1.64. The minimum atomic E-state index is -0.252. The van der Waals surface area contributed by atoms with Crippen LogP contribution in [0.3, 0.4) is 0 Å². The van der Waals surface area contributed by atoms with E-state index >= 15 is 0 Å². The molecule has 0 spiro atoms. The molecule has 1 N–H and O–H groups in total. The normalized spacial score (nSPS) is 14.7. The average Bonchev–Trinajstić information content (AvgIpc) is 3.06. The summed E-state index contributed by atoms with van der Waals surface area (Å²) in [5.41, 5.74) is 1.62. The van der Waals surface area contributed by atoms with Crippen LogP contribution in [0.25, 0.3) is 11.0 Å². The minimum Gasteiger partial charge on any atom is -0.451 e. The first-order valence-electron chi connectivity index (χ1n) is 8.61. The number of halogens is 1. The highest BCUT2D eigenvalue weighted by atomic mass is 32.2. The summed E-state index contributed by atoms with van der Waals surface area (Å²) >= 11 is 1.57. The molecule has 0 saturated carbocycles. The molecule has 1 saturated heterocycles. The third-order valence-corrected chi connectivity index (χ3v) is 5.53. The summed E-state index contributed by atoms with van der Waals surface area (Å²) in [5, 5.41) is 4.21. The molecule has 1 fully saturated rings. The van der Waals surface area contributed by atoms with E-state index < -0.39 is 0 Å². The topological polar surface area (TPSA) is 45.5 Å². The second-order valence-electron chi connectivity index (χ2n) is 6.19. The number of rotatable bonds is 4. The highest BCUT2D eigenvalue weighted by Crippen LogP contribution is 2.32. The number of nitrogens with one attached hydrogen (secondary N) is 1. The SMILES string of the molecule is O=C(c1oc2ccccc2c1CSc1ccc(F)cc1)N1CCNCC1.